The second-order valence-corrected chi connectivity index (χ2v) is 3.53. The fourth-order valence-electron chi connectivity index (χ4n) is 1.08. The standard InChI is InChI=1S/C9H17FO/c1-6-11-9(4,5)8(10)7(2)3/h6-8H,1H2,2-5H3. The van der Waals surface area contributed by atoms with Crippen molar-refractivity contribution in [2.45, 2.75) is 39.5 Å². The van der Waals surface area contributed by atoms with Crippen molar-refractivity contribution in [3.8, 4) is 0 Å². The van der Waals surface area contributed by atoms with E-state index in [1.807, 2.05) is 13.8 Å². The van der Waals surface area contributed by atoms with E-state index >= 15 is 0 Å². The maximum atomic E-state index is 13.3. The molecule has 0 saturated carbocycles. The van der Waals surface area contributed by atoms with Gasteiger partial charge in [-0.3, -0.25) is 0 Å². The van der Waals surface area contributed by atoms with Gasteiger partial charge in [0.05, 0.1) is 6.26 Å². The molecule has 1 atom stereocenters. The van der Waals surface area contributed by atoms with Gasteiger partial charge < -0.3 is 4.74 Å². The predicted octanol–water partition coefficient (Wildman–Crippen LogP) is 2.92. The molecule has 0 aromatic heterocycles. The molecule has 0 bridgehead atoms. The number of hydrogen-bond acceptors (Lipinski definition) is 1. The molecule has 0 aliphatic heterocycles. The van der Waals surface area contributed by atoms with Crippen LogP contribution in [-0.4, -0.2) is 11.8 Å². The van der Waals surface area contributed by atoms with E-state index in [-0.39, 0.29) is 5.92 Å². The Morgan fingerprint density at radius 1 is 1.45 bits per heavy atom. The van der Waals surface area contributed by atoms with Gasteiger partial charge in [-0.1, -0.05) is 20.4 Å². The van der Waals surface area contributed by atoms with E-state index < -0.39 is 11.8 Å². The first-order valence-corrected chi connectivity index (χ1v) is 3.84. The minimum absolute atomic E-state index is 0.0232. The highest BCUT2D eigenvalue weighted by Gasteiger charge is 2.32. The monoisotopic (exact) mass is 160 g/mol. The van der Waals surface area contributed by atoms with Gasteiger partial charge in [-0.15, -0.1) is 0 Å². The molecule has 0 aliphatic carbocycles. The summed E-state index contributed by atoms with van der Waals surface area (Å²) in [7, 11) is 0. The van der Waals surface area contributed by atoms with E-state index in [1.165, 1.54) is 6.26 Å². The SMILES string of the molecule is C=COC(C)(C)C(F)C(C)C. The van der Waals surface area contributed by atoms with Crippen molar-refractivity contribution < 1.29 is 9.13 Å². The average molecular weight is 160 g/mol. The van der Waals surface area contributed by atoms with Crippen LogP contribution in [0.3, 0.4) is 0 Å². The van der Waals surface area contributed by atoms with Crippen molar-refractivity contribution in [3.63, 3.8) is 0 Å². The van der Waals surface area contributed by atoms with Crippen LogP contribution in [0.25, 0.3) is 0 Å². The van der Waals surface area contributed by atoms with Crippen molar-refractivity contribution in [2.75, 3.05) is 0 Å². The molecule has 0 N–H and O–H groups in total. The first-order chi connectivity index (χ1) is 4.91. The second kappa shape index (κ2) is 3.74. The zero-order valence-electron chi connectivity index (χ0n) is 7.73. The van der Waals surface area contributed by atoms with Gasteiger partial charge in [0, 0.05) is 0 Å². The van der Waals surface area contributed by atoms with Crippen molar-refractivity contribution in [3.05, 3.63) is 12.8 Å². The molecule has 0 heterocycles. The summed E-state index contributed by atoms with van der Waals surface area (Å²) in [6.45, 7) is 10.5. The Kier molecular flexibility index (Phi) is 3.56. The van der Waals surface area contributed by atoms with Gasteiger partial charge in [-0.05, 0) is 19.8 Å². The van der Waals surface area contributed by atoms with Crippen molar-refractivity contribution in [1.82, 2.24) is 0 Å². The molecule has 0 aliphatic rings. The van der Waals surface area contributed by atoms with Crippen LogP contribution in [-0.2, 0) is 4.74 Å². The highest BCUT2D eigenvalue weighted by molar-refractivity contribution is 4.83. The molecule has 11 heavy (non-hydrogen) atoms. The van der Waals surface area contributed by atoms with Crippen LogP contribution in [0.2, 0.25) is 0 Å². The summed E-state index contributed by atoms with van der Waals surface area (Å²) in [5.41, 5.74) is -0.754. The zero-order valence-corrected chi connectivity index (χ0v) is 7.73. The fourth-order valence-corrected chi connectivity index (χ4v) is 1.08. The third-order valence-electron chi connectivity index (χ3n) is 1.64. The lowest BCUT2D eigenvalue weighted by Crippen LogP contribution is -2.38. The maximum absolute atomic E-state index is 13.3. The molecule has 66 valence electrons. The predicted molar refractivity (Wildman–Crippen MR) is 45.1 cm³/mol. The lowest BCUT2D eigenvalue weighted by atomic mass is 9.93. The second-order valence-electron chi connectivity index (χ2n) is 3.53. The van der Waals surface area contributed by atoms with Gasteiger partial charge >= 0.3 is 0 Å². The Hall–Kier alpha value is -0.530. The van der Waals surface area contributed by atoms with Crippen LogP contribution in [0.4, 0.5) is 4.39 Å². The minimum atomic E-state index is -0.958. The van der Waals surface area contributed by atoms with E-state index in [2.05, 4.69) is 6.58 Å². The van der Waals surface area contributed by atoms with E-state index in [0.29, 0.717) is 0 Å². The Labute approximate surface area is 68.2 Å². The molecule has 0 radical (unpaired) electrons. The highest BCUT2D eigenvalue weighted by Crippen LogP contribution is 2.24. The molecule has 0 amide bonds. The minimum Gasteiger partial charge on any atom is -0.493 e. The number of rotatable bonds is 4. The average Bonchev–Trinajstić information content (AvgIpc) is 1.86. The third-order valence-corrected chi connectivity index (χ3v) is 1.64. The molecule has 0 aromatic carbocycles. The molecule has 0 aromatic rings. The van der Waals surface area contributed by atoms with Crippen LogP contribution >= 0.6 is 0 Å². The summed E-state index contributed by atoms with van der Waals surface area (Å²) in [4.78, 5) is 0. The first-order valence-electron chi connectivity index (χ1n) is 3.84. The molecular weight excluding hydrogens is 143 g/mol. The smallest absolute Gasteiger partial charge is 0.141 e. The van der Waals surface area contributed by atoms with Crippen LogP contribution in [0, 0.1) is 5.92 Å². The number of halogens is 1. The van der Waals surface area contributed by atoms with Crippen LogP contribution in [0.1, 0.15) is 27.7 Å². The molecular formula is C9H17FO. The summed E-state index contributed by atoms with van der Waals surface area (Å²) >= 11 is 0. The highest BCUT2D eigenvalue weighted by atomic mass is 19.1. The molecule has 2 heteroatoms. The third kappa shape index (κ3) is 2.91. The summed E-state index contributed by atoms with van der Waals surface area (Å²) in [5, 5.41) is 0. The van der Waals surface area contributed by atoms with Gasteiger partial charge in [0.15, 0.2) is 0 Å². The van der Waals surface area contributed by atoms with Gasteiger partial charge in [-0.25, -0.2) is 4.39 Å². The Bertz CT molecular complexity index is 130. The number of alkyl halides is 1. The van der Waals surface area contributed by atoms with Gasteiger partial charge in [-0.2, -0.15) is 0 Å². The summed E-state index contributed by atoms with van der Waals surface area (Å²) in [6, 6.07) is 0. The zero-order chi connectivity index (χ0) is 9.07. The number of hydrogen-bond donors (Lipinski definition) is 0. The van der Waals surface area contributed by atoms with Crippen molar-refractivity contribution in [1.29, 1.82) is 0 Å². The molecule has 0 spiro atoms. The first kappa shape index (κ1) is 10.5. The maximum Gasteiger partial charge on any atom is 0.141 e. The molecule has 0 saturated heterocycles. The molecule has 0 rings (SSSR count). The van der Waals surface area contributed by atoms with Crippen molar-refractivity contribution >= 4 is 0 Å². The van der Waals surface area contributed by atoms with Crippen LogP contribution in [0.5, 0.6) is 0 Å². The van der Waals surface area contributed by atoms with Gasteiger partial charge in [0.25, 0.3) is 0 Å². The summed E-state index contributed by atoms with van der Waals surface area (Å²) in [6.07, 6.45) is 0.329. The Morgan fingerprint density at radius 2 is 1.91 bits per heavy atom. The van der Waals surface area contributed by atoms with E-state index in [1.54, 1.807) is 13.8 Å². The van der Waals surface area contributed by atoms with E-state index in [9.17, 15) is 4.39 Å². The summed E-state index contributed by atoms with van der Waals surface area (Å²) in [5.74, 6) is -0.0232. The Morgan fingerprint density at radius 3 is 2.18 bits per heavy atom. The quantitative estimate of drug-likeness (QED) is 0.574. The van der Waals surface area contributed by atoms with Gasteiger partial charge in [0.2, 0.25) is 0 Å². The van der Waals surface area contributed by atoms with Crippen LogP contribution < -0.4 is 0 Å². The van der Waals surface area contributed by atoms with Crippen LogP contribution in [0.15, 0.2) is 12.8 Å². The fraction of sp³-hybridized carbons (Fsp3) is 0.778. The largest absolute Gasteiger partial charge is 0.493 e. The lowest BCUT2D eigenvalue weighted by Gasteiger charge is -2.30. The molecule has 0 fully saturated rings. The molecule has 1 nitrogen and oxygen atoms in total. The molecule has 1 unspecified atom stereocenters. The van der Waals surface area contributed by atoms with Crippen molar-refractivity contribution in [2.24, 2.45) is 5.92 Å². The van der Waals surface area contributed by atoms with Gasteiger partial charge in [0.1, 0.15) is 11.8 Å². The lowest BCUT2D eigenvalue weighted by molar-refractivity contribution is -0.0347. The van der Waals surface area contributed by atoms with E-state index in [0.717, 1.165) is 0 Å². The summed E-state index contributed by atoms with van der Waals surface area (Å²) < 4.78 is 18.4. The normalized spacial score (nSPS) is 14.7. The Balaban J connectivity index is 4.15. The van der Waals surface area contributed by atoms with E-state index in [4.69, 9.17) is 4.74 Å². The topological polar surface area (TPSA) is 9.23 Å². The number of ether oxygens (including phenoxy) is 1.